The number of carboxylic acid groups (broad SMARTS) is 1. The third kappa shape index (κ3) is 4.98. The minimum atomic E-state index is -1.45. The molecule has 12 heteroatoms. The molecule has 0 saturated heterocycles. The van der Waals surface area contributed by atoms with Gasteiger partial charge in [0.1, 0.15) is 11.3 Å². The Kier molecular flexibility index (Phi) is 9.15. The Morgan fingerprint density at radius 1 is 0.667 bits per heavy atom. The molecule has 0 spiro atoms. The summed E-state index contributed by atoms with van der Waals surface area (Å²) in [6, 6.07) is 4.66. The molecule has 0 aliphatic carbocycles. The molecule has 0 aromatic heterocycles. The number of esters is 1. The first kappa shape index (κ1) is 29.0. The van der Waals surface area contributed by atoms with E-state index in [1.807, 2.05) is 0 Å². The molecule has 0 heterocycles. The number of rotatable bonds is 12. The number of carbonyl (C=O) groups is 2. The summed E-state index contributed by atoms with van der Waals surface area (Å²) in [5.74, 6) is -1.21. The van der Waals surface area contributed by atoms with Crippen molar-refractivity contribution in [3.63, 3.8) is 0 Å². The molecule has 12 nitrogen and oxygen atoms in total. The molecule has 0 aliphatic rings. The molecule has 0 radical (unpaired) electrons. The fraction of sp³-hybridized carbons (Fsp3) is 0.333. The van der Waals surface area contributed by atoms with Gasteiger partial charge in [-0.2, -0.15) is 0 Å². The van der Waals surface area contributed by atoms with Crippen LogP contribution in [0.25, 0.3) is 21.9 Å². The van der Waals surface area contributed by atoms with Crippen molar-refractivity contribution in [3.05, 3.63) is 29.3 Å². The van der Waals surface area contributed by atoms with Gasteiger partial charge in [0, 0.05) is 23.4 Å². The molecule has 0 atom stereocenters. The molecule has 3 rings (SSSR count). The van der Waals surface area contributed by atoms with E-state index in [9.17, 15) is 14.7 Å². The average Bonchev–Trinajstić information content (AvgIpc) is 2.96. The number of hydrogen-bond donors (Lipinski definition) is 1. The van der Waals surface area contributed by atoms with Gasteiger partial charge in [-0.25, -0.2) is 9.59 Å². The Morgan fingerprint density at radius 2 is 1.21 bits per heavy atom. The smallest absolute Gasteiger partial charge is 0.340 e. The van der Waals surface area contributed by atoms with Crippen LogP contribution in [0.2, 0.25) is 0 Å². The predicted molar refractivity (Wildman–Crippen MR) is 139 cm³/mol. The number of aromatic carboxylic acids is 1. The van der Waals surface area contributed by atoms with E-state index in [-0.39, 0.29) is 68.9 Å². The van der Waals surface area contributed by atoms with Gasteiger partial charge in [-0.15, -0.1) is 0 Å². The number of ether oxygens (including phenoxy) is 9. The summed E-state index contributed by atoms with van der Waals surface area (Å²) in [5, 5.41) is 10.9. The number of carbonyl (C=O) groups excluding carboxylic acids is 1. The number of benzene rings is 3. The van der Waals surface area contributed by atoms with Crippen LogP contribution in [-0.4, -0.2) is 80.7 Å². The van der Waals surface area contributed by atoms with Crippen LogP contribution in [0.5, 0.6) is 40.2 Å². The molecule has 210 valence electrons. The Labute approximate surface area is 224 Å². The lowest BCUT2D eigenvalue weighted by atomic mass is 9.87. The maximum absolute atomic E-state index is 13.4. The van der Waals surface area contributed by atoms with E-state index in [1.54, 1.807) is 12.1 Å². The fourth-order valence-corrected chi connectivity index (χ4v) is 4.37. The number of methoxy groups -OCH3 is 8. The summed E-state index contributed by atoms with van der Waals surface area (Å²) in [6.45, 7) is -0.323. The zero-order chi connectivity index (χ0) is 28.9. The molecule has 3 aromatic rings. The molecule has 39 heavy (non-hydrogen) atoms. The maximum Gasteiger partial charge on any atom is 0.340 e. The first-order chi connectivity index (χ1) is 18.8. The predicted octanol–water partition coefficient (Wildman–Crippen LogP) is 4.03. The van der Waals surface area contributed by atoms with E-state index in [1.165, 1.54) is 55.8 Å². The van der Waals surface area contributed by atoms with Crippen LogP contribution in [0.3, 0.4) is 0 Å². The lowest BCUT2D eigenvalue weighted by Crippen LogP contribution is -2.16. The maximum atomic E-state index is 13.4. The summed E-state index contributed by atoms with van der Waals surface area (Å²) in [7, 11) is 11.0. The molecular formula is C27H30O12. The highest BCUT2D eigenvalue weighted by Gasteiger charge is 2.34. The fourth-order valence-electron chi connectivity index (χ4n) is 4.37. The van der Waals surface area contributed by atoms with Crippen molar-refractivity contribution in [2.75, 3.05) is 63.7 Å². The molecule has 0 amide bonds. The van der Waals surface area contributed by atoms with Gasteiger partial charge in [0.15, 0.2) is 29.8 Å². The molecule has 0 bridgehead atoms. The van der Waals surface area contributed by atoms with Gasteiger partial charge in [0.05, 0.1) is 55.3 Å². The first-order valence-corrected chi connectivity index (χ1v) is 11.3. The van der Waals surface area contributed by atoms with Crippen molar-refractivity contribution in [3.8, 4) is 51.4 Å². The largest absolute Gasteiger partial charge is 0.493 e. The van der Waals surface area contributed by atoms with E-state index in [0.717, 1.165) is 7.11 Å². The van der Waals surface area contributed by atoms with Crippen LogP contribution in [0.4, 0.5) is 0 Å². The van der Waals surface area contributed by atoms with Crippen LogP contribution >= 0.6 is 0 Å². The monoisotopic (exact) mass is 546 g/mol. The summed E-state index contributed by atoms with van der Waals surface area (Å²) >= 11 is 0. The zero-order valence-electron chi connectivity index (χ0n) is 22.9. The van der Waals surface area contributed by atoms with Crippen LogP contribution in [0, 0.1) is 0 Å². The quantitative estimate of drug-likeness (QED) is 0.259. The normalized spacial score (nSPS) is 10.6. The molecule has 0 saturated carbocycles. The van der Waals surface area contributed by atoms with E-state index in [0.29, 0.717) is 5.56 Å². The summed E-state index contributed by atoms with van der Waals surface area (Å²) in [4.78, 5) is 26.1. The lowest BCUT2D eigenvalue weighted by molar-refractivity contribution is 0.0480. The average molecular weight is 547 g/mol. The SMILES string of the molecule is COCOc1c(C(=O)O)c(C(=O)OC)c(-c2cc(OC)c(OC)c(OC)c2)c2c(OC)c(OC)c(OC)cc12. The molecular weight excluding hydrogens is 516 g/mol. The zero-order valence-corrected chi connectivity index (χ0v) is 22.9. The second kappa shape index (κ2) is 12.3. The van der Waals surface area contributed by atoms with Crippen molar-refractivity contribution in [1.82, 2.24) is 0 Å². The van der Waals surface area contributed by atoms with E-state index < -0.39 is 17.5 Å². The van der Waals surface area contributed by atoms with Gasteiger partial charge in [-0.05, 0) is 23.8 Å². The van der Waals surface area contributed by atoms with Crippen LogP contribution in [-0.2, 0) is 9.47 Å². The third-order valence-corrected chi connectivity index (χ3v) is 5.93. The highest BCUT2D eigenvalue weighted by atomic mass is 16.7. The van der Waals surface area contributed by atoms with Crippen molar-refractivity contribution < 1.29 is 57.3 Å². The lowest BCUT2D eigenvalue weighted by Gasteiger charge is -2.24. The second-order valence-electron chi connectivity index (χ2n) is 7.78. The van der Waals surface area contributed by atoms with Crippen molar-refractivity contribution in [2.45, 2.75) is 0 Å². The minimum absolute atomic E-state index is 0.121. The van der Waals surface area contributed by atoms with E-state index >= 15 is 0 Å². The van der Waals surface area contributed by atoms with Crippen molar-refractivity contribution >= 4 is 22.7 Å². The second-order valence-corrected chi connectivity index (χ2v) is 7.78. The highest BCUT2D eigenvalue weighted by molar-refractivity contribution is 6.20. The molecule has 0 fully saturated rings. The summed E-state index contributed by atoms with van der Waals surface area (Å²) in [5.41, 5.74) is -0.342. The minimum Gasteiger partial charge on any atom is -0.493 e. The van der Waals surface area contributed by atoms with Crippen LogP contribution < -0.4 is 33.2 Å². The van der Waals surface area contributed by atoms with E-state index in [2.05, 4.69) is 0 Å². The Balaban J connectivity index is 2.79. The summed E-state index contributed by atoms with van der Waals surface area (Å²) in [6.07, 6.45) is 0. The third-order valence-electron chi connectivity index (χ3n) is 5.93. The highest BCUT2D eigenvalue weighted by Crippen LogP contribution is 2.53. The topological polar surface area (TPSA) is 137 Å². The first-order valence-electron chi connectivity index (χ1n) is 11.3. The van der Waals surface area contributed by atoms with Gasteiger partial charge in [0.25, 0.3) is 0 Å². The number of carboxylic acids is 1. The van der Waals surface area contributed by atoms with Gasteiger partial charge in [0.2, 0.25) is 11.5 Å². The molecule has 3 aromatic carbocycles. The molecule has 1 N–H and O–H groups in total. The Hall–Kier alpha value is -4.58. The van der Waals surface area contributed by atoms with Crippen molar-refractivity contribution in [2.24, 2.45) is 0 Å². The van der Waals surface area contributed by atoms with Gasteiger partial charge >= 0.3 is 11.9 Å². The van der Waals surface area contributed by atoms with Crippen molar-refractivity contribution in [1.29, 1.82) is 0 Å². The summed E-state index contributed by atoms with van der Waals surface area (Å²) < 4.78 is 49.2. The Morgan fingerprint density at radius 3 is 1.64 bits per heavy atom. The molecule has 0 unspecified atom stereocenters. The van der Waals surface area contributed by atoms with E-state index in [4.69, 9.17) is 42.6 Å². The number of fused-ring (bicyclic) bond motifs is 1. The van der Waals surface area contributed by atoms with Gasteiger partial charge < -0.3 is 47.7 Å². The van der Waals surface area contributed by atoms with Crippen LogP contribution in [0.15, 0.2) is 18.2 Å². The molecule has 0 aliphatic heterocycles. The standard InChI is InChI=1S/C27H30O12/c1-31-12-39-22-14-11-17(34-4)24(36-6)25(37-7)19(14)18(20(27(30)38-8)21(22)26(28)29)13-9-15(32-2)23(35-5)16(10-13)33-3/h9-11H,12H2,1-8H3,(H,28,29). The van der Waals surface area contributed by atoms with Crippen LogP contribution in [0.1, 0.15) is 20.7 Å². The Bertz CT molecular complexity index is 1370. The van der Waals surface area contributed by atoms with Gasteiger partial charge in [-0.1, -0.05) is 0 Å². The number of hydrogen-bond acceptors (Lipinski definition) is 11. The van der Waals surface area contributed by atoms with Gasteiger partial charge in [-0.3, -0.25) is 0 Å².